The van der Waals surface area contributed by atoms with E-state index in [2.05, 4.69) is 10.5 Å². The number of hydrazone groups is 1. The molecule has 0 bridgehead atoms. The molecule has 0 aliphatic heterocycles. The fraction of sp³-hybridized carbons (Fsp3) is 0.143. The summed E-state index contributed by atoms with van der Waals surface area (Å²) in [6.07, 6.45) is 1.53. The first-order valence-electron chi connectivity index (χ1n) is 6.40. The fourth-order valence-corrected chi connectivity index (χ4v) is 2.56. The molecule has 2 rings (SSSR count). The molecule has 23 heavy (non-hydrogen) atoms. The average Bonchev–Trinajstić information content (AvgIpc) is 2.91. The van der Waals surface area contributed by atoms with Gasteiger partial charge in [0.25, 0.3) is 5.91 Å². The number of carbonyl (C=O) groups excluding carboxylic acids is 1. The Bertz CT molecular complexity index is 760. The molecule has 1 aromatic carbocycles. The van der Waals surface area contributed by atoms with Crippen LogP contribution < -0.4 is 10.2 Å². The molecular weight excluding hydrogens is 342 g/mol. The number of nitrogens with zero attached hydrogens (tertiary/aromatic N) is 2. The third kappa shape index (κ3) is 4.76. The van der Waals surface area contributed by atoms with Crippen molar-refractivity contribution in [2.45, 2.75) is 6.92 Å². The predicted molar refractivity (Wildman–Crippen MR) is 88.4 cm³/mol. The van der Waals surface area contributed by atoms with Crippen LogP contribution in [0.15, 0.2) is 34.7 Å². The van der Waals surface area contributed by atoms with Crippen LogP contribution in [0.5, 0.6) is 5.75 Å². The van der Waals surface area contributed by atoms with Gasteiger partial charge in [0.1, 0.15) is 0 Å². The largest absolute Gasteiger partial charge is 0.477 e. The molecule has 0 aliphatic carbocycles. The van der Waals surface area contributed by atoms with Crippen molar-refractivity contribution in [2.75, 3.05) is 6.61 Å². The van der Waals surface area contributed by atoms with E-state index in [1.807, 2.05) is 18.4 Å². The minimum absolute atomic E-state index is 0.0346. The zero-order chi connectivity index (χ0) is 16.8. The summed E-state index contributed by atoms with van der Waals surface area (Å²) in [6.45, 7) is 1.53. The molecule has 2 aromatic rings. The van der Waals surface area contributed by atoms with Gasteiger partial charge in [0.2, 0.25) is 0 Å². The van der Waals surface area contributed by atoms with E-state index < -0.39 is 17.4 Å². The quantitative estimate of drug-likeness (QED) is 0.490. The summed E-state index contributed by atoms with van der Waals surface area (Å²) >= 11 is 7.19. The van der Waals surface area contributed by atoms with E-state index in [0.29, 0.717) is 0 Å². The van der Waals surface area contributed by atoms with Gasteiger partial charge < -0.3 is 4.74 Å². The number of hydrogen-bond donors (Lipinski definition) is 1. The summed E-state index contributed by atoms with van der Waals surface area (Å²) in [4.78, 5) is 22.8. The molecule has 1 N–H and O–H groups in total. The number of nitro benzene ring substituents is 1. The van der Waals surface area contributed by atoms with Gasteiger partial charge in [-0.2, -0.15) is 5.10 Å². The predicted octanol–water partition coefficient (Wildman–Crippen LogP) is 3.15. The van der Waals surface area contributed by atoms with Crippen LogP contribution in [0.4, 0.5) is 5.69 Å². The number of amides is 1. The zero-order valence-electron chi connectivity index (χ0n) is 12.0. The minimum atomic E-state index is -0.628. The molecule has 0 fully saturated rings. The van der Waals surface area contributed by atoms with Gasteiger partial charge in [-0.15, -0.1) is 11.3 Å². The molecule has 0 radical (unpaired) electrons. The summed E-state index contributed by atoms with van der Waals surface area (Å²) in [5, 5.41) is 16.8. The maximum absolute atomic E-state index is 11.6. The monoisotopic (exact) mass is 353 g/mol. The Hall–Kier alpha value is -2.45. The smallest absolute Gasteiger partial charge is 0.312 e. The average molecular weight is 354 g/mol. The van der Waals surface area contributed by atoms with Crippen molar-refractivity contribution in [2.24, 2.45) is 5.10 Å². The third-order valence-corrected chi connectivity index (χ3v) is 3.94. The summed E-state index contributed by atoms with van der Waals surface area (Å²) in [7, 11) is 0. The van der Waals surface area contributed by atoms with Gasteiger partial charge in [-0.3, -0.25) is 14.9 Å². The van der Waals surface area contributed by atoms with Crippen LogP contribution in [0.25, 0.3) is 0 Å². The molecular formula is C14H12ClN3O4S. The lowest BCUT2D eigenvalue weighted by Crippen LogP contribution is -2.24. The SMILES string of the molecule is Cc1ccsc1C=NNC(=O)COc1ccc(Cl)cc1[N+](=O)[O-]. The van der Waals surface area contributed by atoms with Gasteiger partial charge in [0.05, 0.1) is 11.1 Å². The Balaban J connectivity index is 1.91. The number of thiophene rings is 1. The van der Waals surface area contributed by atoms with Crippen molar-refractivity contribution in [3.8, 4) is 5.75 Å². The normalized spacial score (nSPS) is 10.7. The molecule has 0 aliphatic rings. The standard InChI is InChI=1S/C14H12ClN3O4S/c1-9-4-5-23-13(9)7-16-17-14(19)8-22-12-3-2-10(15)6-11(12)18(20)21/h2-7H,8H2,1H3,(H,17,19). The van der Waals surface area contributed by atoms with Crippen molar-refractivity contribution >= 4 is 40.7 Å². The van der Waals surface area contributed by atoms with Gasteiger partial charge in [0, 0.05) is 16.0 Å². The number of ether oxygens (including phenoxy) is 1. The van der Waals surface area contributed by atoms with Crippen LogP contribution in [0.3, 0.4) is 0 Å². The molecule has 0 saturated heterocycles. The Kier molecular flexibility index (Phi) is 5.67. The van der Waals surface area contributed by atoms with Gasteiger partial charge in [-0.25, -0.2) is 5.43 Å². The maximum atomic E-state index is 11.6. The van der Waals surface area contributed by atoms with Gasteiger partial charge in [0.15, 0.2) is 12.4 Å². The van der Waals surface area contributed by atoms with E-state index in [1.54, 1.807) is 0 Å². The molecule has 0 spiro atoms. The first-order valence-corrected chi connectivity index (χ1v) is 7.66. The molecule has 1 amide bonds. The Morgan fingerprint density at radius 3 is 2.96 bits per heavy atom. The molecule has 0 saturated carbocycles. The fourth-order valence-electron chi connectivity index (χ4n) is 1.61. The molecule has 0 unspecified atom stereocenters. The van der Waals surface area contributed by atoms with Crippen molar-refractivity contribution in [1.29, 1.82) is 0 Å². The Morgan fingerprint density at radius 1 is 1.52 bits per heavy atom. The number of halogens is 1. The van der Waals surface area contributed by atoms with Crippen molar-refractivity contribution in [3.63, 3.8) is 0 Å². The maximum Gasteiger partial charge on any atom is 0.312 e. The Labute approximate surface area is 140 Å². The van der Waals surface area contributed by atoms with Crippen molar-refractivity contribution in [1.82, 2.24) is 5.43 Å². The second kappa shape index (κ2) is 7.70. The van der Waals surface area contributed by atoms with Gasteiger partial charge in [-0.05, 0) is 36.1 Å². The number of hydrogen-bond acceptors (Lipinski definition) is 6. The topological polar surface area (TPSA) is 93.8 Å². The van der Waals surface area contributed by atoms with Gasteiger partial charge in [-0.1, -0.05) is 11.6 Å². The van der Waals surface area contributed by atoms with Gasteiger partial charge >= 0.3 is 5.69 Å². The molecule has 120 valence electrons. The molecule has 7 nitrogen and oxygen atoms in total. The number of rotatable bonds is 6. The summed E-state index contributed by atoms with van der Waals surface area (Å²) in [5.74, 6) is -0.563. The van der Waals surface area contributed by atoms with E-state index in [9.17, 15) is 14.9 Å². The van der Waals surface area contributed by atoms with Crippen LogP contribution in [0, 0.1) is 17.0 Å². The van der Waals surface area contributed by atoms with Crippen molar-refractivity contribution < 1.29 is 14.5 Å². The minimum Gasteiger partial charge on any atom is -0.477 e. The van der Waals surface area contributed by atoms with Crippen LogP contribution in [-0.2, 0) is 4.79 Å². The number of nitro groups is 1. The molecule has 0 atom stereocenters. The van der Waals surface area contributed by atoms with Crippen LogP contribution in [0.2, 0.25) is 5.02 Å². The number of nitrogens with one attached hydrogen (secondary N) is 1. The van der Waals surface area contributed by atoms with Crippen LogP contribution >= 0.6 is 22.9 Å². The first-order chi connectivity index (χ1) is 11.0. The molecule has 1 heterocycles. The third-order valence-electron chi connectivity index (χ3n) is 2.75. The lowest BCUT2D eigenvalue weighted by atomic mass is 10.3. The van der Waals surface area contributed by atoms with Crippen molar-refractivity contribution in [3.05, 3.63) is 55.2 Å². The lowest BCUT2D eigenvalue weighted by Gasteiger charge is -2.05. The highest BCUT2D eigenvalue weighted by Crippen LogP contribution is 2.29. The summed E-state index contributed by atoms with van der Waals surface area (Å²) < 4.78 is 5.14. The van der Waals surface area contributed by atoms with Crippen LogP contribution in [0.1, 0.15) is 10.4 Å². The highest BCUT2D eigenvalue weighted by Gasteiger charge is 2.16. The second-order valence-electron chi connectivity index (χ2n) is 4.42. The highest BCUT2D eigenvalue weighted by molar-refractivity contribution is 7.11. The number of benzene rings is 1. The summed E-state index contributed by atoms with van der Waals surface area (Å²) in [5.41, 5.74) is 3.05. The van der Waals surface area contributed by atoms with E-state index in [-0.39, 0.29) is 16.5 Å². The molecule has 1 aromatic heterocycles. The number of carbonyl (C=O) groups is 1. The Morgan fingerprint density at radius 2 is 2.30 bits per heavy atom. The second-order valence-corrected chi connectivity index (χ2v) is 5.80. The lowest BCUT2D eigenvalue weighted by molar-refractivity contribution is -0.385. The molecule has 9 heteroatoms. The van der Waals surface area contributed by atoms with E-state index >= 15 is 0 Å². The highest BCUT2D eigenvalue weighted by atomic mass is 35.5. The van der Waals surface area contributed by atoms with E-state index in [4.69, 9.17) is 16.3 Å². The van der Waals surface area contributed by atoms with E-state index in [1.165, 1.54) is 29.7 Å². The van der Waals surface area contributed by atoms with Crippen LogP contribution in [-0.4, -0.2) is 23.7 Å². The first kappa shape index (κ1) is 16.9. The summed E-state index contributed by atoms with van der Waals surface area (Å²) in [6, 6.07) is 5.88. The zero-order valence-corrected chi connectivity index (χ0v) is 13.6. The number of aryl methyl sites for hydroxylation is 1. The van der Waals surface area contributed by atoms with E-state index in [0.717, 1.165) is 16.5 Å².